The lowest BCUT2D eigenvalue weighted by molar-refractivity contribution is -0.141. The van der Waals surface area contributed by atoms with E-state index in [4.69, 9.17) is 21.7 Å². The lowest BCUT2D eigenvalue weighted by Gasteiger charge is -2.24. The molecular formula is C20H19ClN4O2S. The monoisotopic (exact) mass is 414 g/mol. The molecule has 0 N–H and O–H groups in total. The van der Waals surface area contributed by atoms with Gasteiger partial charge in [0.2, 0.25) is 6.10 Å². The van der Waals surface area contributed by atoms with E-state index in [9.17, 15) is 4.79 Å². The second kappa shape index (κ2) is 8.21. The molecule has 3 heterocycles. The smallest absolute Gasteiger partial charge is 0.266 e. The summed E-state index contributed by atoms with van der Waals surface area (Å²) in [5.74, 6) is -0.0110. The maximum absolute atomic E-state index is 12.9. The van der Waals surface area contributed by atoms with Crippen LogP contribution in [0.4, 0.5) is 5.69 Å². The highest BCUT2D eigenvalue weighted by Gasteiger charge is 2.33. The quantitative estimate of drug-likeness (QED) is 0.770. The van der Waals surface area contributed by atoms with Gasteiger partial charge in [0.15, 0.2) is 0 Å². The summed E-state index contributed by atoms with van der Waals surface area (Å²) in [4.78, 5) is 23.4. The van der Waals surface area contributed by atoms with E-state index in [1.165, 1.54) is 11.3 Å². The van der Waals surface area contributed by atoms with Gasteiger partial charge in [0.05, 0.1) is 20.8 Å². The Bertz CT molecular complexity index is 934. The first-order valence-corrected chi connectivity index (χ1v) is 10.4. The molecular weight excluding hydrogens is 396 g/mol. The van der Waals surface area contributed by atoms with Crippen LogP contribution in [0.2, 0.25) is 4.34 Å². The maximum atomic E-state index is 12.9. The number of thiophene rings is 1. The normalized spacial score (nSPS) is 19.6. The summed E-state index contributed by atoms with van der Waals surface area (Å²) in [6, 6.07) is 13.4. The minimum atomic E-state index is -0.558. The molecule has 1 atom stereocenters. The topological polar surface area (TPSA) is 68.9 Å². The number of halogens is 1. The number of anilines is 1. The van der Waals surface area contributed by atoms with Crippen molar-refractivity contribution in [3.8, 4) is 6.07 Å². The molecule has 1 aromatic carbocycles. The number of amides is 1. The third-order valence-corrected chi connectivity index (χ3v) is 6.25. The van der Waals surface area contributed by atoms with E-state index < -0.39 is 6.10 Å². The van der Waals surface area contributed by atoms with Crippen LogP contribution in [0, 0.1) is 11.3 Å². The predicted molar refractivity (Wildman–Crippen MR) is 110 cm³/mol. The lowest BCUT2D eigenvalue weighted by Crippen LogP contribution is -2.41. The average Bonchev–Trinajstić information content (AvgIpc) is 3.30. The van der Waals surface area contributed by atoms with Gasteiger partial charge in [-0.25, -0.2) is 0 Å². The van der Waals surface area contributed by atoms with Crippen molar-refractivity contribution < 1.29 is 9.63 Å². The number of nitrogens with zero attached hydrogens (tertiary/aromatic N) is 4. The Labute approximate surface area is 172 Å². The summed E-state index contributed by atoms with van der Waals surface area (Å²) in [7, 11) is 0. The summed E-state index contributed by atoms with van der Waals surface area (Å²) in [5, 5.41) is 13.0. The highest BCUT2D eigenvalue weighted by molar-refractivity contribution is 7.18. The lowest BCUT2D eigenvalue weighted by atomic mass is 10.1. The average molecular weight is 415 g/mol. The molecule has 4 rings (SSSR count). The number of carbonyl (C=O) groups is 1. The standard InChI is InChI=1S/C20H19ClN4O2S/c21-19-7-6-18(28-19)16-12-17(27-23-16)20(26)25-9-1-8-24(10-11-25)15-4-2-14(13-22)3-5-15/h2-7,17H,1,8-12H2. The largest absolute Gasteiger partial charge is 0.382 e. The van der Waals surface area contributed by atoms with E-state index in [2.05, 4.69) is 16.1 Å². The van der Waals surface area contributed by atoms with Gasteiger partial charge in [0.25, 0.3) is 5.91 Å². The van der Waals surface area contributed by atoms with Crippen LogP contribution in [0.15, 0.2) is 41.6 Å². The molecule has 0 aliphatic carbocycles. The van der Waals surface area contributed by atoms with E-state index in [0.717, 1.165) is 35.8 Å². The van der Waals surface area contributed by atoms with Crippen LogP contribution in [0.1, 0.15) is 23.3 Å². The molecule has 0 bridgehead atoms. The summed E-state index contributed by atoms with van der Waals surface area (Å²) >= 11 is 7.43. The fraction of sp³-hybridized carbons (Fsp3) is 0.350. The molecule has 0 spiro atoms. The number of hydrogen-bond acceptors (Lipinski definition) is 6. The van der Waals surface area contributed by atoms with Crippen LogP contribution >= 0.6 is 22.9 Å². The molecule has 1 saturated heterocycles. The molecule has 1 fully saturated rings. The molecule has 0 radical (unpaired) electrons. The van der Waals surface area contributed by atoms with E-state index in [-0.39, 0.29) is 5.91 Å². The number of carbonyl (C=O) groups excluding carboxylic acids is 1. The second-order valence-electron chi connectivity index (χ2n) is 6.76. The first-order chi connectivity index (χ1) is 13.6. The minimum absolute atomic E-state index is 0.0110. The Kier molecular flexibility index (Phi) is 5.51. The molecule has 2 aliphatic heterocycles. The van der Waals surface area contributed by atoms with E-state index in [1.807, 2.05) is 41.3 Å². The van der Waals surface area contributed by atoms with Crippen molar-refractivity contribution in [2.75, 3.05) is 31.1 Å². The fourth-order valence-corrected chi connectivity index (χ4v) is 4.50. The molecule has 1 aromatic heterocycles. The Morgan fingerprint density at radius 1 is 1.18 bits per heavy atom. The Hall–Kier alpha value is -2.56. The first kappa shape index (κ1) is 18.8. The highest BCUT2D eigenvalue weighted by atomic mass is 35.5. The van der Waals surface area contributed by atoms with Gasteiger partial charge < -0.3 is 14.6 Å². The zero-order valence-electron chi connectivity index (χ0n) is 15.2. The number of oxime groups is 1. The van der Waals surface area contributed by atoms with Crippen LogP contribution in [-0.2, 0) is 9.63 Å². The Balaban J connectivity index is 1.35. The molecule has 144 valence electrons. The molecule has 28 heavy (non-hydrogen) atoms. The van der Waals surface area contributed by atoms with Gasteiger partial charge in [-0.2, -0.15) is 5.26 Å². The van der Waals surface area contributed by atoms with Gasteiger partial charge in [-0.3, -0.25) is 4.79 Å². The van der Waals surface area contributed by atoms with Crippen LogP contribution in [-0.4, -0.2) is 48.8 Å². The number of benzene rings is 1. The Morgan fingerprint density at radius 2 is 2.00 bits per heavy atom. The second-order valence-corrected chi connectivity index (χ2v) is 8.48. The van der Waals surface area contributed by atoms with Crippen molar-refractivity contribution in [2.24, 2.45) is 5.16 Å². The van der Waals surface area contributed by atoms with Gasteiger partial charge in [-0.15, -0.1) is 11.3 Å². The van der Waals surface area contributed by atoms with Gasteiger partial charge in [0.1, 0.15) is 5.71 Å². The van der Waals surface area contributed by atoms with Crippen molar-refractivity contribution in [3.05, 3.63) is 51.2 Å². The van der Waals surface area contributed by atoms with Crippen molar-refractivity contribution in [1.29, 1.82) is 5.26 Å². The number of nitriles is 1. The molecule has 1 amide bonds. The first-order valence-electron chi connectivity index (χ1n) is 9.16. The number of hydrogen-bond donors (Lipinski definition) is 0. The van der Waals surface area contributed by atoms with Crippen molar-refractivity contribution in [3.63, 3.8) is 0 Å². The maximum Gasteiger partial charge on any atom is 0.266 e. The zero-order valence-corrected chi connectivity index (χ0v) is 16.7. The summed E-state index contributed by atoms with van der Waals surface area (Å²) in [5.41, 5.74) is 2.51. The van der Waals surface area contributed by atoms with Crippen LogP contribution < -0.4 is 4.90 Å². The molecule has 0 saturated carbocycles. The summed E-state index contributed by atoms with van der Waals surface area (Å²) < 4.78 is 0.697. The third-order valence-electron chi connectivity index (χ3n) is 4.97. The SMILES string of the molecule is N#Cc1ccc(N2CCCN(C(=O)C3CC(c4ccc(Cl)s4)=NO3)CC2)cc1. The molecule has 6 nitrogen and oxygen atoms in total. The van der Waals surface area contributed by atoms with Gasteiger partial charge in [-0.05, 0) is 42.8 Å². The molecule has 2 aliphatic rings. The number of rotatable bonds is 3. The van der Waals surface area contributed by atoms with E-state index in [0.29, 0.717) is 29.4 Å². The van der Waals surface area contributed by atoms with Crippen molar-refractivity contribution >= 4 is 40.2 Å². The third kappa shape index (κ3) is 3.98. The van der Waals surface area contributed by atoms with Gasteiger partial charge >= 0.3 is 0 Å². The molecule has 2 aromatic rings. The van der Waals surface area contributed by atoms with Crippen molar-refractivity contribution in [2.45, 2.75) is 18.9 Å². The summed E-state index contributed by atoms with van der Waals surface area (Å²) in [6.07, 6.45) is 0.801. The van der Waals surface area contributed by atoms with Gasteiger partial charge in [-0.1, -0.05) is 16.8 Å². The molecule has 8 heteroatoms. The van der Waals surface area contributed by atoms with Crippen molar-refractivity contribution in [1.82, 2.24) is 4.90 Å². The predicted octanol–water partition coefficient (Wildman–Crippen LogP) is 3.51. The molecule has 1 unspecified atom stereocenters. The minimum Gasteiger partial charge on any atom is -0.382 e. The highest BCUT2D eigenvalue weighted by Crippen LogP contribution is 2.27. The van der Waals surface area contributed by atoms with E-state index in [1.54, 1.807) is 0 Å². The summed E-state index contributed by atoms with van der Waals surface area (Å²) in [6.45, 7) is 2.96. The van der Waals surface area contributed by atoms with E-state index >= 15 is 0 Å². The van der Waals surface area contributed by atoms with Crippen LogP contribution in [0.5, 0.6) is 0 Å². The van der Waals surface area contributed by atoms with Crippen LogP contribution in [0.3, 0.4) is 0 Å². The Morgan fingerprint density at radius 3 is 2.71 bits per heavy atom. The fourth-order valence-electron chi connectivity index (χ4n) is 3.47. The van der Waals surface area contributed by atoms with Gasteiger partial charge in [0, 0.05) is 38.3 Å². The zero-order chi connectivity index (χ0) is 19.5. The van der Waals surface area contributed by atoms with Crippen LogP contribution in [0.25, 0.3) is 0 Å².